The molecule has 0 rings (SSSR count). The maximum Gasteiger partial charge on any atom is 0.332 e. The average molecular weight is 244 g/mol. The zero-order valence-corrected chi connectivity index (χ0v) is 11.2. The van der Waals surface area contributed by atoms with Crippen LogP contribution in [0.15, 0.2) is 0 Å². The van der Waals surface area contributed by atoms with E-state index in [-0.39, 0.29) is 12.6 Å². The molecule has 1 amide bonds. The molecule has 0 aliphatic rings. The maximum absolute atomic E-state index is 11.6. The van der Waals surface area contributed by atoms with Gasteiger partial charge < -0.3 is 15.8 Å². The number of carbonyl (C=O) groups excluding carboxylic acids is 2. The second-order valence-electron chi connectivity index (χ2n) is 4.61. The van der Waals surface area contributed by atoms with Gasteiger partial charge in [-0.25, -0.2) is 4.79 Å². The van der Waals surface area contributed by atoms with E-state index in [1.807, 2.05) is 6.92 Å². The lowest BCUT2D eigenvalue weighted by molar-refractivity contribution is -0.148. The molecule has 3 N–H and O–H groups in total. The number of nitrogens with one attached hydrogen (secondary N) is 1. The van der Waals surface area contributed by atoms with E-state index in [1.54, 1.807) is 6.92 Å². The molecule has 2 unspecified atom stereocenters. The van der Waals surface area contributed by atoms with Crippen LogP contribution in [0, 0.1) is 5.92 Å². The standard InChI is InChI=1S/C12H24N2O3/c1-5-17-12(16)10(13)11(15)14-9(4)7-6-8(2)3/h8-10H,5-7,13H2,1-4H3,(H,14,15). The molecule has 0 aliphatic heterocycles. The Labute approximate surface area is 103 Å². The molecule has 0 bridgehead atoms. The van der Waals surface area contributed by atoms with Gasteiger partial charge in [-0.3, -0.25) is 4.79 Å². The summed E-state index contributed by atoms with van der Waals surface area (Å²) in [5.74, 6) is -0.561. The van der Waals surface area contributed by atoms with E-state index in [1.165, 1.54) is 0 Å². The first-order valence-electron chi connectivity index (χ1n) is 6.11. The molecule has 0 spiro atoms. The molecule has 0 aromatic rings. The van der Waals surface area contributed by atoms with Crippen LogP contribution in [0.2, 0.25) is 0 Å². The summed E-state index contributed by atoms with van der Waals surface area (Å²) in [4.78, 5) is 22.8. The fourth-order valence-electron chi connectivity index (χ4n) is 1.33. The highest BCUT2D eigenvalue weighted by Crippen LogP contribution is 2.06. The quantitative estimate of drug-likeness (QED) is 0.513. The van der Waals surface area contributed by atoms with Crippen molar-refractivity contribution in [2.75, 3.05) is 6.61 Å². The molecule has 0 fully saturated rings. The lowest BCUT2D eigenvalue weighted by atomic mass is 10.0. The molecule has 0 aromatic carbocycles. The molecule has 0 aromatic heterocycles. The number of hydrogen-bond donors (Lipinski definition) is 2. The number of ether oxygens (including phenoxy) is 1. The van der Waals surface area contributed by atoms with Crippen molar-refractivity contribution < 1.29 is 14.3 Å². The number of carbonyl (C=O) groups is 2. The summed E-state index contributed by atoms with van der Waals surface area (Å²) in [6.07, 6.45) is 1.90. The number of nitrogens with two attached hydrogens (primary N) is 1. The van der Waals surface area contributed by atoms with E-state index in [9.17, 15) is 9.59 Å². The van der Waals surface area contributed by atoms with Gasteiger partial charge in [0.2, 0.25) is 5.91 Å². The van der Waals surface area contributed by atoms with E-state index in [0.29, 0.717) is 5.92 Å². The number of hydrogen-bond acceptors (Lipinski definition) is 4. The normalized spacial score (nSPS) is 14.2. The fraction of sp³-hybridized carbons (Fsp3) is 0.833. The third kappa shape index (κ3) is 6.94. The Morgan fingerprint density at radius 3 is 2.29 bits per heavy atom. The lowest BCUT2D eigenvalue weighted by Gasteiger charge is -2.17. The van der Waals surface area contributed by atoms with Gasteiger partial charge in [0.1, 0.15) is 0 Å². The molecule has 5 heteroatoms. The molecule has 0 aliphatic carbocycles. The van der Waals surface area contributed by atoms with Crippen LogP contribution >= 0.6 is 0 Å². The zero-order chi connectivity index (χ0) is 13.4. The van der Waals surface area contributed by atoms with Crippen molar-refractivity contribution in [1.29, 1.82) is 0 Å². The highest BCUT2D eigenvalue weighted by molar-refractivity contribution is 6.01. The van der Waals surface area contributed by atoms with E-state index in [2.05, 4.69) is 23.9 Å². The summed E-state index contributed by atoms with van der Waals surface area (Å²) in [6.45, 7) is 8.05. The van der Waals surface area contributed by atoms with E-state index >= 15 is 0 Å². The summed E-state index contributed by atoms with van der Waals surface area (Å²) in [5.41, 5.74) is 5.46. The van der Waals surface area contributed by atoms with Crippen LogP contribution in [-0.2, 0) is 14.3 Å². The molecule has 17 heavy (non-hydrogen) atoms. The third-order valence-electron chi connectivity index (χ3n) is 2.39. The summed E-state index contributed by atoms with van der Waals surface area (Å²) >= 11 is 0. The molecule has 0 radical (unpaired) electrons. The molecule has 0 heterocycles. The van der Waals surface area contributed by atoms with Gasteiger partial charge in [0.25, 0.3) is 0 Å². The van der Waals surface area contributed by atoms with Crippen LogP contribution in [0.25, 0.3) is 0 Å². The van der Waals surface area contributed by atoms with E-state index in [4.69, 9.17) is 5.73 Å². The topological polar surface area (TPSA) is 81.4 Å². The molecule has 0 saturated heterocycles. The Morgan fingerprint density at radius 1 is 1.24 bits per heavy atom. The summed E-state index contributed by atoms with van der Waals surface area (Å²) in [6, 6.07) is -1.21. The van der Waals surface area contributed by atoms with Gasteiger partial charge in [-0.05, 0) is 32.6 Å². The van der Waals surface area contributed by atoms with Crippen molar-refractivity contribution in [2.45, 2.75) is 52.6 Å². The summed E-state index contributed by atoms with van der Waals surface area (Å²) in [5, 5.41) is 2.71. The highest BCUT2D eigenvalue weighted by Gasteiger charge is 2.24. The highest BCUT2D eigenvalue weighted by atomic mass is 16.5. The first-order valence-corrected chi connectivity index (χ1v) is 6.11. The van der Waals surface area contributed by atoms with Crippen molar-refractivity contribution in [2.24, 2.45) is 11.7 Å². The van der Waals surface area contributed by atoms with Crippen molar-refractivity contribution in [3.8, 4) is 0 Å². The van der Waals surface area contributed by atoms with Gasteiger partial charge in [0, 0.05) is 6.04 Å². The van der Waals surface area contributed by atoms with Crippen LogP contribution in [0.4, 0.5) is 0 Å². The predicted molar refractivity (Wildman–Crippen MR) is 66.3 cm³/mol. The van der Waals surface area contributed by atoms with Crippen LogP contribution < -0.4 is 11.1 Å². The Kier molecular flexibility index (Phi) is 7.54. The minimum absolute atomic E-state index is 0.0189. The van der Waals surface area contributed by atoms with Gasteiger partial charge >= 0.3 is 5.97 Å². The molecular formula is C12H24N2O3. The first kappa shape index (κ1) is 15.9. The van der Waals surface area contributed by atoms with Crippen LogP contribution in [-0.4, -0.2) is 30.6 Å². The van der Waals surface area contributed by atoms with Crippen molar-refractivity contribution in [3.05, 3.63) is 0 Å². The summed E-state index contributed by atoms with van der Waals surface area (Å²) in [7, 11) is 0. The Hall–Kier alpha value is -1.10. The van der Waals surface area contributed by atoms with Gasteiger partial charge in [0.15, 0.2) is 6.04 Å². The third-order valence-corrected chi connectivity index (χ3v) is 2.39. The predicted octanol–water partition coefficient (Wildman–Crippen LogP) is 0.818. The van der Waals surface area contributed by atoms with Crippen LogP contribution in [0.1, 0.15) is 40.5 Å². The molecule has 5 nitrogen and oxygen atoms in total. The fourth-order valence-corrected chi connectivity index (χ4v) is 1.33. The molecule has 0 saturated carbocycles. The van der Waals surface area contributed by atoms with E-state index in [0.717, 1.165) is 12.8 Å². The van der Waals surface area contributed by atoms with Gasteiger partial charge in [-0.2, -0.15) is 0 Å². The average Bonchev–Trinajstić information content (AvgIpc) is 2.25. The smallest absolute Gasteiger partial charge is 0.332 e. The largest absolute Gasteiger partial charge is 0.464 e. The minimum Gasteiger partial charge on any atom is -0.464 e. The zero-order valence-electron chi connectivity index (χ0n) is 11.2. The number of amides is 1. The Morgan fingerprint density at radius 2 is 1.82 bits per heavy atom. The van der Waals surface area contributed by atoms with Gasteiger partial charge in [-0.15, -0.1) is 0 Å². The van der Waals surface area contributed by atoms with E-state index < -0.39 is 17.9 Å². The van der Waals surface area contributed by atoms with Gasteiger partial charge in [-0.1, -0.05) is 13.8 Å². The Bertz CT molecular complexity index is 254. The second kappa shape index (κ2) is 8.06. The van der Waals surface area contributed by atoms with Crippen molar-refractivity contribution >= 4 is 11.9 Å². The Balaban J connectivity index is 4.02. The maximum atomic E-state index is 11.6. The monoisotopic (exact) mass is 244 g/mol. The van der Waals surface area contributed by atoms with Crippen molar-refractivity contribution in [1.82, 2.24) is 5.32 Å². The molecular weight excluding hydrogens is 220 g/mol. The number of esters is 1. The second-order valence-corrected chi connectivity index (χ2v) is 4.61. The first-order chi connectivity index (χ1) is 7.88. The molecule has 100 valence electrons. The lowest BCUT2D eigenvalue weighted by Crippen LogP contribution is -2.49. The number of rotatable bonds is 7. The van der Waals surface area contributed by atoms with Crippen LogP contribution in [0.3, 0.4) is 0 Å². The molecule has 2 atom stereocenters. The summed E-state index contributed by atoms with van der Waals surface area (Å²) < 4.78 is 4.68. The van der Waals surface area contributed by atoms with Crippen LogP contribution in [0.5, 0.6) is 0 Å². The van der Waals surface area contributed by atoms with Gasteiger partial charge in [0.05, 0.1) is 6.61 Å². The minimum atomic E-state index is -1.23. The SMILES string of the molecule is CCOC(=O)C(N)C(=O)NC(C)CCC(C)C. The van der Waals surface area contributed by atoms with Crippen molar-refractivity contribution in [3.63, 3.8) is 0 Å².